The summed E-state index contributed by atoms with van der Waals surface area (Å²) in [6.45, 7) is 12.5. The predicted molar refractivity (Wildman–Crippen MR) is 85.1 cm³/mol. The summed E-state index contributed by atoms with van der Waals surface area (Å²) in [4.78, 5) is 11.9. The number of rotatable bonds is 3. The zero-order valence-corrected chi connectivity index (χ0v) is 14.6. The van der Waals surface area contributed by atoms with Crippen LogP contribution in [0.15, 0.2) is 0 Å². The van der Waals surface area contributed by atoms with Crippen molar-refractivity contribution in [1.29, 1.82) is 0 Å². The Kier molecular flexibility index (Phi) is 6.58. The maximum Gasteiger partial charge on any atom is 0.237 e. The van der Waals surface area contributed by atoms with Crippen LogP contribution in [0, 0.1) is 5.41 Å². The molecule has 1 aromatic heterocycles. The van der Waals surface area contributed by atoms with Gasteiger partial charge < -0.3 is 11.1 Å². The Balaban J connectivity index is 0.00000361. The highest BCUT2D eigenvalue weighted by atomic mass is 35.5. The first kappa shape index (κ1) is 19.3. The number of nitrogens with one attached hydrogen (secondary N) is 1. The molecule has 0 spiro atoms. The van der Waals surface area contributed by atoms with E-state index in [2.05, 4.69) is 36.3 Å². The molecule has 0 aromatic carbocycles. The highest BCUT2D eigenvalue weighted by Crippen LogP contribution is 2.25. The first-order valence-electron chi connectivity index (χ1n) is 6.38. The molecule has 0 saturated heterocycles. The Hall–Kier alpha value is -0.720. The normalized spacial score (nSPS) is 13.6. The number of nitrogens with two attached hydrogens (primary N) is 1. The van der Waals surface area contributed by atoms with E-state index >= 15 is 0 Å². The molecular formula is C13H25ClN4OS. The van der Waals surface area contributed by atoms with Gasteiger partial charge in [0.1, 0.15) is 10.0 Å². The van der Waals surface area contributed by atoms with E-state index in [1.54, 1.807) is 0 Å². The summed E-state index contributed by atoms with van der Waals surface area (Å²) in [5, 5.41) is 12.8. The van der Waals surface area contributed by atoms with Crippen LogP contribution >= 0.6 is 23.7 Å². The van der Waals surface area contributed by atoms with E-state index in [-0.39, 0.29) is 29.1 Å². The smallest absolute Gasteiger partial charge is 0.237 e. The number of hydrogen-bond donors (Lipinski definition) is 2. The summed E-state index contributed by atoms with van der Waals surface area (Å²) in [5.74, 6) is -0.153. The fourth-order valence-corrected chi connectivity index (χ4v) is 2.13. The Labute approximate surface area is 131 Å². The maximum atomic E-state index is 11.9. The van der Waals surface area contributed by atoms with Gasteiger partial charge in [-0.25, -0.2) is 0 Å². The van der Waals surface area contributed by atoms with Gasteiger partial charge >= 0.3 is 0 Å². The van der Waals surface area contributed by atoms with Crippen molar-refractivity contribution in [3.8, 4) is 0 Å². The van der Waals surface area contributed by atoms with E-state index in [0.29, 0.717) is 6.54 Å². The van der Waals surface area contributed by atoms with Crippen LogP contribution in [0.5, 0.6) is 0 Å². The van der Waals surface area contributed by atoms with Crippen molar-refractivity contribution in [3.63, 3.8) is 0 Å². The molecule has 0 aliphatic heterocycles. The summed E-state index contributed by atoms with van der Waals surface area (Å²) in [6.07, 6.45) is 0. The standard InChI is InChI=1S/C13H24N4OS.ClH/c1-12(2,3)9(14)10(18)15-7-8-16-17-11(19-8)13(4,5)6;/h9H,7,14H2,1-6H3,(H,15,18);1H/t9-;/m1./s1. The molecule has 1 aromatic rings. The molecule has 116 valence electrons. The Bertz CT molecular complexity index is 448. The van der Waals surface area contributed by atoms with Crippen molar-refractivity contribution in [2.24, 2.45) is 11.1 Å². The number of carbonyl (C=O) groups excluding carboxylic acids is 1. The molecule has 0 saturated carbocycles. The minimum absolute atomic E-state index is 0. The number of aromatic nitrogens is 2. The van der Waals surface area contributed by atoms with E-state index in [9.17, 15) is 4.79 Å². The Morgan fingerprint density at radius 1 is 1.25 bits per heavy atom. The average molecular weight is 321 g/mol. The molecular weight excluding hydrogens is 296 g/mol. The number of halogens is 1. The predicted octanol–water partition coefficient (Wildman–Crippen LogP) is 2.25. The van der Waals surface area contributed by atoms with Gasteiger partial charge in [-0.1, -0.05) is 52.9 Å². The van der Waals surface area contributed by atoms with Crippen molar-refractivity contribution in [3.05, 3.63) is 10.0 Å². The maximum absolute atomic E-state index is 11.9. The van der Waals surface area contributed by atoms with E-state index in [0.717, 1.165) is 10.0 Å². The molecule has 7 heteroatoms. The van der Waals surface area contributed by atoms with Crippen molar-refractivity contribution < 1.29 is 4.79 Å². The second-order valence-corrected chi connectivity index (χ2v) is 7.87. The van der Waals surface area contributed by atoms with E-state index in [1.807, 2.05) is 20.8 Å². The van der Waals surface area contributed by atoms with Gasteiger partial charge in [0.25, 0.3) is 0 Å². The van der Waals surface area contributed by atoms with Gasteiger partial charge in [0.2, 0.25) is 5.91 Å². The van der Waals surface area contributed by atoms with Gasteiger partial charge in [0.15, 0.2) is 0 Å². The summed E-state index contributed by atoms with van der Waals surface area (Å²) in [5.41, 5.74) is 5.63. The summed E-state index contributed by atoms with van der Waals surface area (Å²) >= 11 is 1.52. The fraction of sp³-hybridized carbons (Fsp3) is 0.769. The molecule has 3 N–H and O–H groups in total. The molecule has 5 nitrogen and oxygen atoms in total. The van der Waals surface area contributed by atoms with Crippen molar-refractivity contribution in [1.82, 2.24) is 15.5 Å². The number of carbonyl (C=O) groups is 1. The zero-order valence-electron chi connectivity index (χ0n) is 13.0. The van der Waals surface area contributed by atoms with Gasteiger partial charge in [-0.15, -0.1) is 22.6 Å². The Morgan fingerprint density at radius 2 is 1.80 bits per heavy atom. The van der Waals surface area contributed by atoms with Crippen molar-refractivity contribution in [2.45, 2.75) is 59.5 Å². The lowest BCUT2D eigenvalue weighted by Gasteiger charge is -2.25. The molecule has 1 heterocycles. The molecule has 0 fully saturated rings. The molecule has 1 rings (SSSR count). The molecule has 0 aliphatic rings. The highest BCUT2D eigenvalue weighted by molar-refractivity contribution is 7.11. The van der Waals surface area contributed by atoms with Gasteiger partial charge in [-0.05, 0) is 5.41 Å². The van der Waals surface area contributed by atoms with Crippen LogP contribution in [-0.4, -0.2) is 22.1 Å². The van der Waals surface area contributed by atoms with Gasteiger partial charge in [-0.3, -0.25) is 4.79 Å². The van der Waals surface area contributed by atoms with Crippen LogP contribution in [0.4, 0.5) is 0 Å². The van der Waals surface area contributed by atoms with E-state index in [1.165, 1.54) is 11.3 Å². The second-order valence-electron chi connectivity index (χ2n) is 6.81. The SMILES string of the molecule is CC(C)(C)c1nnc(CNC(=O)[C@@H](N)C(C)(C)C)s1.Cl. The van der Waals surface area contributed by atoms with Gasteiger partial charge in [0, 0.05) is 5.41 Å². The zero-order chi connectivity index (χ0) is 14.8. The highest BCUT2D eigenvalue weighted by Gasteiger charge is 2.27. The van der Waals surface area contributed by atoms with Crippen molar-refractivity contribution >= 4 is 29.7 Å². The third-order valence-corrected chi connectivity index (χ3v) is 4.09. The van der Waals surface area contributed by atoms with Crippen molar-refractivity contribution in [2.75, 3.05) is 0 Å². The quantitative estimate of drug-likeness (QED) is 0.895. The Morgan fingerprint density at radius 3 is 2.20 bits per heavy atom. The molecule has 0 aliphatic carbocycles. The van der Waals surface area contributed by atoms with Gasteiger partial charge in [-0.2, -0.15) is 0 Å². The lowest BCUT2D eigenvalue weighted by atomic mass is 9.87. The second kappa shape index (κ2) is 6.83. The number of nitrogens with zero attached hydrogens (tertiary/aromatic N) is 2. The monoisotopic (exact) mass is 320 g/mol. The largest absolute Gasteiger partial charge is 0.348 e. The van der Waals surface area contributed by atoms with Crippen LogP contribution in [0.3, 0.4) is 0 Å². The fourth-order valence-electron chi connectivity index (χ4n) is 1.29. The average Bonchev–Trinajstić information content (AvgIpc) is 2.71. The first-order chi connectivity index (χ1) is 8.51. The summed E-state index contributed by atoms with van der Waals surface area (Å²) < 4.78 is 0. The summed E-state index contributed by atoms with van der Waals surface area (Å²) in [6, 6.07) is -0.525. The van der Waals surface area contributed by atoms with E-state index < -0.39 is 6.04 Å². The molecule has 1 atom stereocenters. The van der Waals surface area contributed by atoms with Gasteiger partial charge in [0.05, 0.1) is 12.6 Å². The number of amides is 1. The van der Waals surface area contributed by atoms with Crippen LogP contribution in [-0.2, 0) is 16.8 Å². The number of hydrogen-bond acceptors (Lipinski definition) is 5. The van der Waals surface area contributed by atoms with Crippen LogP contribution in [0.25, 0.3) is 0 Å². The minimum Gasteiger partial charge on any atom is -0.348 e. The van der Waals surface area contributed by atoms with Crippen LogP contribution in [0.2, 0.25) is 0 Å². The topological polar surface area (TPSA) is 80.9 Å². The minimum atomic E-state index is -0.525. The molecule has 0 radical (unpaired) electrons. The van der Waals surface area contributed by atoms with Crippen LogP contribution < -0.4 is 11.1 Å². The third kappa shape index (κ3) is 5.34. The molecule has 0 unspecified atom stereocenters. The lowest BCUT2D eigenvalue weighted by molar-refractivity contribution is -0.124. The molecule has 20 heavy (non-hydrogen) atoms. The molecule has 0 bridgehead atoms. The third-order valence-electron chi connectivity index (χ3n) is 2.74. The lowest BCUT2D eigenvalue weighted by Crippen LogP contribution is -2.48. The van der Waals surface area contributed by atoms with E-state index in [4.69, 9.17) is 5.73 Å². The first-order valence-corrected chi connectivity index (χ1v) is 7.19. The van der Waals surface area contributed by atoms with Crippen LogP contribution in [0.1, 0.15) is 51.6 Å². The summed E-state index contributed by atoms with van der Waals surface area (Å²) in [7, 11) is 0. The molecule has 1 amide bonds.